The first kappa shape index (κ1) is 19.9. The molecule has 0 saturated carbocycles. The zero-order valence-corrected chi connectivity index (χ0v) is 17.6. The second-order valence-electron chi connectivity index (χ2n) is 7.79. The Labute approximate surface area is 175 Å². The Hall–Kier alpha value is -2.41. The van der Waals surface area contributed by atoms with Gasteiger partial charge in [-0.1, -0.05) is 36.4 Å². The van der Waals surface area contributed by atoms with E-state index >= 15 is 0 Å². The van der Waals surface area contributed by atoms with Gasteiger partial charge in [-0.15, -0.1) is 11.3 Å². The lowest BCUT2D eigenvalue weighted by molar-refractivity contribution is -1.02. The van der Waals surface area contributed by atoms with Crippen molar-refractivity contribution in [1.29, 1.82) is 0 Å². The second kappa shape index (κ2) is 9.39. The van der Waals surface area contributed by atoms with Gasteiger partial charge < -0.3 is 19.9 Å². The number of fused-ring (bicyclic) bond motifs is 1. The summed E-state index contributed by atoms with van der Waals surface area (Å²) in [6.45, 7) is 5.31. The molecule has 1 amide bonds. The molecule has 1 aliphatic heterocycles. The number of amides is 1. The molecule has 1 aliphatic rings. The molecular formula is C23H29N3O2S+2. The van der Waals surface area contributed by atoms with Gasteiger partial charge in [0, 0.05) is 0 Å². The van der Waals surface area contributed by atoms with Crippen molar-refractivity contribution in [3.05, 3.63) is 64.9 Å². The van der Waals surface area contributed by atoms with Crippen molar-refractivity contribution in [2.75, 3.05) is 46.4 Å². The van der Waals surface area contributed by atoms with Gasteiger partial charge in [-0.25, -0.2) is 0 Å². The predicted molar refractivity (Wildman–Crippen MR) is 117 cm³/mol. The van der Waals surface area contributed by atoms with Crippen LogP contribution in [0, 0.1) is 0 Å². The van der Waals surface area contributed by atoms with E-state index in [1.165, 1.54) is 23.4 Å². The van der Waals surface area contributed by atoms with E-state index in [1.807, 2.05) is 30.3 Å². The average molecular weight is 412 g/mol. The number of thiophene rings is 1. The predicted octanol–water partition coefficient (Wildman–Crippen LogP) is 0.551. The van der Waals surface area contributed by atoms with Gasteiger partial charge in [-0.05, 0) is 34.4 Å². The summed E-state index contributed by atoms with van der Waals surface area (Å²) < 4.78 is 5.74. The third-order valence-electron chi connectivity index (χ3n) is 5.72. The minimum absolute atomic E-state index is 0.0394. The van der Waals surface area contributed by atoms with Crippen molar-refractivity contribution >= 4 is 28.0 Å². The van der Waals surface area contributed by atoms with E-state index in [9.17, 15) is 4.79 Å². The molecule has 152 valence electrons. The summed E-state index contributed by atoms with van der Waals surface area (Å²) in [6.07, 6.45) is 0. The molecule has 1 saturated heterocycles. The summed E-state index contributed by atoms with van der Waals surface area (Å²) in [6, 6.07) is 18.7. The van der Waals surface area contributed by atoms with E-state index in [2.05, 4.69) is 42.0 Å². The highest BCUT2D eigenvalue weighted by Crippen LogP contribution is 2.20. The first-order valence-corrected chi connectivity index (χ1v) is 11.1. The summed E-state index contributed by atoms with van der Waals surface area (Å²) in [5, 5.41) is 7.50. The van der Waals surface area contributed by atoms with Gasteiger partial charge in [0.1, 0.15) is 38.0 Å². The zero-order chi connectivity index (χ0) is 20.1. The topological polar surface area (TPSA) is 47.2 Å². The lowest BCUT2D eigenvalue weighted by atomic mass is 10.1. The molecule has 0 unspecified atom stereocenters. The first-order valence-electron chi connectivity index (χ1n) is 10.3. The highest BCUT2D eigenvalue weighted by molar-refractivity contribution is 7.10. The van der Waals surface area contributed by atoms with E-state index in [-0.39, 0.29) is 12.5 Å². The summed E-state index contributed by atoms with van der Waals surface area (Å²) >= 11 is 1.78. The highest BCUT2D eigenvalue weighted by Gasteiger charge is 2.30. The lowest BCUT2D eigenvalue weighted by Gasteiger charge is -2.33. The number of ether oxygens (including phenoxy) is 1. The highest BCUT2D eigenvalue weighted by atomic mass is 32.1. The number of quaternary nitrogens is 2. The van der Waals surface area contributed by atoms with Gasteiger partial charge in [-0.3, -0.25) is 4.79 Å². The molecule has 0 bridgehead atoms. The van der Waals surface area contributed by atoms with E-state index in [0.29, 0.717) is 12.6 Å². The van der Waals surface area contributed by atoms with Crippen molar-refractivity contribution in [2.24, 2.45) is 0 Å². The van der Waals surface area contributed by atoms with Crippen LogP contribution < -0.4 is 19.9 Å². The Morgan fingerprint density at radius 3 is 2.62 bits per heavy atom. The van der Waals surface area contributed by atoms with Gasteiger partial charge in [0.05, 0.1) is 18.5 Å². The maximum absolute atomic E-state index is 12.4. The molecule has 4 rings (SSSR count). The Morgan fingerprint density at radius 2 is 1.86 bits per heavy atom. The van der Waals surface area contributed by atoms with Crippen LogP contribution in [-0.4, -0.2) is 52.3 Å². The van der Waals surface area contributed by atoms with E-state index in [4.69, 9.17) is 4.74 Å². The largest absolute Gasteiger partial charge is 0.484 e. The molecule has 29 heavy (non-hydrogen) atoms. The van der Waals surface area contributed by atoms with E-state index in [1.54, 1.807) is 21.1 Å². The Morgan fingerprint density at radius 1 is 1.07 bits per heavy atom. The maximum Gasteiger partial charge on any atom is 0.258 e. The van der Waals surface area contributed by atoms with E-state index in [0.717, 1.165) is 24.2 Å². The van der Waals surface area contributed by atoms with Crippen molar-refractivity contribution in [3.8, 4) is 5.75 Å². The maximum atomic E-state index is 12.4. The number of carbonyl (C=O) groups is 1. The average Bonchev–Trinajstić information content (AvgIpc) is 3.28. The quantitative estimate of drug-likeness (QED) is 0.532. The van der Waals surface area contributed by atoms with Crippen molar-refractivity contribution in [3.63, 3.8) is 0 Å². The lowest BCUT2D eigenvalue weighted by Crippen LogP contribution is -3.27. The number of carbonyl (C=O) groups excluding carboxylic acids is 1. The molecule has 6 heteroatoms. The number of hydrogen-bond acceptors (Lipinski definition) is 3. The van der Waals surface area contributed by atoms with Gasteiger partial charge >= 0.3 is 0 Å². The van der Waals surface area contributed by atoms with Gasteiger partial charge in [0.2, 0.25) is 0 Å². The van der Waals surface area contributed by atoms with Crippen LogP contribution in [-0.2, 0) is 4.79 Å². The minimum atomic E-state index is -0.0705. The minimum Gasteiger partial charge on any atom is -0.484 e. The first-order chi connectivity index (χ1) is 14.2. The molecule has 0 spiro atoms. The third-order valence-corrected chi connectivity index (χ3v) is 6.71. The number of hydrogen-bond donors (Lipinski definition) is 3. The van der Waals surface area contributed by atoms with Crippen LogP contribution in [0.1, 0.15) is 10.9 Å². The van der Waals surface area contributed by atoms with Crippen LogP contribution in [0.15, 0.2) is 60.0 Å². The fourth-order valence-corrected chi connectivity index (χ4v) is 4.84. The molecule has 1 fully saturated rings. The molecule has 2 heterocycles. The molecule has 5 nitrogen and oxygen atoms in total. The molecule has 2 aromatic carbocycles. The molecule has 0 aliphatic carbocycles. The van der Waals surface area contributed by atoms with Crippen LogP contribution in [0.4, 0.5) is 0 Å². The van der Waals surface area contributed by atoms with Crippen molar-refractivity contribution in [1.82, 2.24) is 5.32 Å². The number of piperazine rings is 1. The van der Waals surface area contributed by atoms with Crippen LogP contribution in [0.5, 0.6) is 5.75 Å². The Kier molecular flexibility index (Phi) is 6.44. The summed E-state index contributed by atoms with van der Waals surface area (Å²) in [5.41, 5.74) is 0. The molecule has 0 radical (unpaired) electrons. The van der Waals surface area contributed by atoms with Gasteiger partial charge in [0.25, 0.3) is 5.91 Å². The van der Waals surface area contributed by atoms with Crippen LogP contribution in [0.2, 0.25) is 0 Å². The zero-order valence-electron chi connectivity index (χ0n) is 16.8. The van der Waals surface area contributed by atoms with Gasteiger partial charge in [-0.2, -0.15) is 0 Å². The Bertz CT molecular complexity index is 936. The fourth-order valence-electron chi connectivity index (χ4n) is 3.96. The summed E-state index contributed by atoms with van der Waals surface area (Å²) in [5.74, 6) is 0.653. The van der Waals surface area contributed by atoms with E-state index < -0.39 is 0 Å². The van der Waals surface area contributed by atoms with Crippen LogP contribution >= 0.6 is 11.3 Å². The number of likely N-dealkylation sites (N-methyl/N-ethyl adjacent to an activating group) is 1. The van der Waals surface area contributed by atoms with Crippen LogP contribution in [0.3, 0.4) is 0 Å². The molecule has 3 aromatic rings. The second-order valence-corrected chi connectivity index (χ2v) is 8.76. The van der Waals surface area contributed by atoms with Crippen LogP contribution in [0.25, 0.3) is 10.8 Å². The molecule has 3 N–H and O–H groups in total. The molecule has 1 aromatic heterocycles. The van der Waals surface area contributed by atoms with Gasteiger partial charge in [0.15, 0.2) is 6.61 Å². The normalized spacial score (nSPS) is 20.3. The summed E-state index contributed by atoms with van der Waals surface area (Å²) in [4.78, 5) is 16.9. The monoisotopic (exact) mass is 411 g/mol. The fraction of sp³-hybridized carbons (Fsp3) is 0.348. The molecule has 1 atom stereocenters. The standard InChI is InChI=1S/C23H27N3O2S/c1-25-10-12-26(13-11-25)21(22-7-4-14-29-22)16-24-23(27)17-28-20-9-8-18-5-2-3-6-19(18)15-20/h2-9,14-15,21H,10-13,16-17H2,1H3,(H,24,27)/p+2/t21-/m1/s1. The number of rotatable bonds is 7. The summed E-state index contributed by atoms with van der Waals surface area (Å²) in [7, 11) is 2.25. The number of benzene rings is 2. The third kappa shape index (κ3) is 5.15. The van der Waals surface area contributed by atoms with Crippen molar-refractivity contribution < 1.29 is 19.3 Å². The SMILES string of the molecule is C[NH+]1CC[NH+]([C@H](CNC(=O)COc2ccc3ccccc3c2)c2cccs2)CC1. The smallest absolute Gasteiger partial charge is 0.258 e. The molecular weight excluding hydrogens is 382 g/mol. The number of nitrogens with one attached hydrogen (secondary N) is 3. The Balaban J connectivity index is 1.32. The van der Waals surface area contributed by atoms with Crippen molar-refractivity contribution in [2.45, 2.75) is 6.04 Å².